The number of halogens is 1. The van der Waals surface area contributed by atoms with Gasteiger partial charge in [0, 0.05) is 39.6 Å². The zero-order valence-electron chi connectivity index (χ0n) is 16.1. The van der Waals surface area contributed by atoms with Crippen molar-refractivity contribution in [3.63, 3.8) is 0 Å². The second-order valence-electron chi connectivity index (χ2n) is 6.35. The zero-order chi connectivity index (χ0) is 18.1. The summed E-state index contributed by atoms with van der Waals surface area (Å²) in [5, 5.41) is 14.6. The third-order valence-corrected chi connectivity index (χ3v) is 3.89. The highest BCUT2D eigenvalue weighted by Crippen LogP contribution is 1.99. The number of aromatic nitrogens is 3. The first-order valence-corrected chi connectivity index (χ1v) is 8.46. The highest BCUT2D eigenvalue weighted by atomic mass is 127. The number of likely N-dealkylation sites (N-methyl/N-ethyl adjacent to an activating group) is 1. The molecule has 0 aliphatic heterocycles. The molecule has 8 nitrogen and oxygen atoms in total. The minimum Gasteiger partial charge on any atom is -0.355 e. The zero-order valence-corrected chi connectivity index (χ0v) is 18.4. The van der Waals surface area contributed by atoms with Crippen LogP contribution < -0.4 is 10.6 Å². The first-order chi connectivity index (χ1) is 11.3. The molecule has 0 radical (unpaired) electrons. The van der Waals surface area contributed by atoms with E-state index in [1.165, 1.54) is 4.90 Å². The number of aliphatic imine (C=N–C) groups is 1. The fraction of sp³-hybridized carbons (Fsp3) is 0.750. The second-order valence-corrected chi connectivity index (χ2v) is 6.35. The molecule has 1 unspecified atom stereocenters. The Labute approximate surface area is 167 Å². The van der Waals surface area contributed by atoms with Crippen LogP contribution in [0.2, 0.25) is 0 Å². The fourth-order valence-electron chi connectivity index (χ4n) is 1.86. The molecule has 1 atom stereocenters. The number of rotatable bonds is 8. The molecule has 1 aromatic heterocycles. The summed E-state index contributed by atoms with van der Waals surface area (Å²) in [4.78, 5) is 17.7. The maximum Gasteiger partial charge on any atom is 0.243 e. The van der Waals surface area contributed by atoms with E-state index in [1.807, 2.05) is 4.57 Å². The van der Waals surface area contributed by atoms with Gasteiger partial charge in [-0.25, -0.2) is 4.99 Å². The second kappa shape index (κ2) is 12.0. The van der Waals surface area contributed by atoms with Gasteiger partial charge in [0.1, 0.15) is 18.7 Å². The number of aryl methyl sites for hydroxylation is 1. The van der Waals surface area contributed by atoms with Gasteiger partial charge in [0.25, 0.3) is 0 Å². The molecule has 0 bridgehead atoms. The summed E-state index contributed by atoms with van der Waals surface area (Å²) < 4.78 is 2.02. The summed E-state index contributed by atoms with van der Waals surface area (Å²) in [5.74, 6) is 2.05. The van der Waals surface area contributed by atoms with E-state index in [2.05, 4.69) is 53.5 Å². The van der Waals surface area contributed by atoms with Gasteiger partial charge in [-0.05, 0) is 12.8 Å². The highest BCUT2D eigenvalue weighted by Gasteiger charge is 2.11. The fourth-order valence-corrected chi connectivity index (χ4v) is 1.86. The lowest BCUT2D eigenvalue weighted by atomic mass is 10.1. The Hall–Kier alpha value is -1.39. The van der Waals surface area contributed by atoms with E-state index in [9.17, 15) is 4.79 Å². The molecule has 0 saturated carbocycles. The Morgan fingerprint density at radius 2 is 2.04 bits per heavy atom. The normalized spacial score (nSPS) is 12.5. The number of nitrogens with zero attached hydrogens (tertiary/aromatic N) is 5. The first kappa shape index (κ1) is 23.6. The minimum atomic E-state index is -0.0274. The van der Waals surface area contributed by atoms with Crippen molar-refractivity contribution in [2.75, 3.05) is 27.2 Å². The highest BCUT2D eigenvalue weighted by molar-refractivity contribution is 14.0. The van der Waals surface area contributed by atoms with Crippen molar-refractivity contribution in [2.24, 2.45) is 10.9 Å². The average molecular weight is 465 g/mol. The van der Waals surface area contributed by atoms with Crippen molar-refractivity contribution in [1.29, 1.82) is 0 Å². The molecule has 2 N–H and O–H groups in total. The Kier molecular flexibility index (Phi) is 11.4. The van der Waals surface area contributed by atoms with Gasteiger partial charge in [-0.3, -0.25) is 4.79 Å². The average Bonchev–Trinajstić information content (AvgIpc) is 2.99. The summed E-state index contributed by atoms with van der Waals surface area (Å²) in [7, 11) is 3.46. The molecule has 1 aromatic rings. The monoisotopic (exact) mass is 465 g/mol. The van der Waals surface area contributed by atoms with Crippen molar-refractivity contribution in [3.05, 3.63) is 12.2 Å². The molecule has 0 fully saturated rings. The minimum absolute atomic E-state index is 0. The predicted molar refractivity (Wildman–Crippen MR) is 111 cm³/mol. The van der Waals surface area contributed by atoms with E-state index in [-0.39, 0.29) is 42.5 Å². The maximum atomic E-state index is 11.8. The molecule has 0 aromatic carbocycles. The van der Waals surface area contributed by atoms with E-state index in [0.29, 0.717) is 18.4 Å². The lowest BCUT2D eigenvalue weighted by Gasteiger charge is -2.21. The maximum absolute atomic E-state index is 11.8. The van der Waals surface area contributed by atoms with Crippen molar-refractivity contribution in [3.8, 4) is 0 Å². The topological polar surface area (TPSA) is 87.4 Å². The van der Waals surface area contributed by atoms with Crippen molar-refractivity contribution >= 4 is 35.8 Å². The summed E-state index contributed by atoms with van der Waals surface area (Å²) in [5.41, 5.74) is 0. The van der Waals surface area contributed by atoms with E-state index >= 15 is 0 Å². The van der Waals surface area contributed by atoms with Gasteiger partial charge in [0.2, 0.25) is 5.91 Å². The van der Waals surface area contributed by atoms with E-state index in [0.717, 1.165) is 18.8 Å². The molecular weight excluding hydrogens is 433 g/mol. The molecule has 0 spiro atoms. The Balaban J connectivity index is 0.00000576. The van der Waals surface area contributed by atoms with Gasteiger partial charge in [-0.15, -0.1) is 34.2 Å². The lowest BCUT2D eigenvalue weighted by molar-refractivity contribution is -0.127. The molecule has 1 amide bonds. The van der Waals surface area contributed by atoms with E-state index < -0.39 is 0 Å². The molecule has 144 valence electrons. The molecule has 25 heavy (non-hydrogen) atoms. The van der Waals surface area contributed by atoms with Gasteiger partial charge < -0.3 is 20.1 Å². The third-order valence-electron chi connectivity index (χ3n) is 3.89. The smallest absolute Gasteiger partial charge is 0.243 e. The Bertz CT molecular complexity index is 542. The molecule has 0 aliphatic rings. The Morgan fingerprint density at radius 3 is 2.60 bits per heavy atom. The van der Waals surface area contributed by atoms with Gasteiger partial charge >= 0.3 is 0 Å². The van der Waals surface area contributed by atoms with E-state index in [4.69, 9.17) is 0 Å². The number of hydrogen-bond acceptors (Lipinski definition) is 4. The van der Waals surface area contributed by atoms with Crippen LogP contribution in [-0.4, -0.2) is 64.8 Å². The van der Waals surface area contributed by atoms with Gasteiger partial charge in [-0.2, -0.15) is 0 Å². The molecule has 0 aliphatic carbocycles. The number of nitrogens with one attached hydrogen (secondary N) is 2. The van der Waals surface area contributed by atoms with Gasteiger partial charge in [0.15, 0.2) is 5.96 Å². The van der Waals surface area contributed by atoms with Crippen molar-refractivity contribution in [2.45, 2.75) is 46.7 Å². The van der Waals surface area contributed by atoms with E-state index in [1.54, 1.807) is 20.4 Å². The van der Waals surface area contributed by atoms with Crippen LogP contribution in [0.3, 0.4) is 0 Å². The summed E-state index contributed by atoms with van der Waals surface area (Å²) in [6, 6.07) is 0.256. The molecular formula is C16H32IN7O. The lowest BCUT2D eigenvalue weighted by Crippen LogP contribution is -2.45. The molecule has 1 rings (SSSR count). The van der Waals surface area contributed by atoms with Crippen LogP contribution in [0.1, 0.15) is 33.5 Å². The number of carbonyl (C=O) groups is 1. The van der Waals surface area contributed by atoms with Crippen LogP contribution in [0.15, 0.2) is 11.3 Å². The van der Waals surface area contributed by atoms with Gasteiger partial charge in [0.05, 0.1) is 0 Å². The van der Waals surface area contributed by atoms with Gasteiger partial charge in [-0.1, -0.05) is 20.8 Å². The third kappa shape index (κ3) is 8.50. The molecule has 0 saturated heterocycles. The number of guanidine groups is 1. The summed E-state index contributed by atoms with van der Waals surface area (Å²) in [6.07, 6.45) is 2.58. The van der Waals surface area contributed by atoms with Crippen molar-refractivity contribution < 1.29 is 4.79 Å². The molecule has 9 heteroatoms. The van der Waals surface area contributed by atoms with Crippen LogP contribution in [0, 0.1) is 5.92 Å². The quantitative estimate of drug-likeness (QED) is 0.342. The first-order valence-electron chi connectivity index (χ1n) is 8.46. The number of amides is 1. The van der Waals surface area contributed by atoms with Crippen LogP contribution in [0.4, 0.5) is 0 Å². The summed E-state index contributed by atoms with van der Waals surface area (Å²) >= 11 is 0. The largest absolute Gasteiger partial charge is 0.355 e. The summed E-state index contributed by atoms with van der Waals surface area (Å²) in [6.45, 7) is 9.99. The predicted octanol–water partition coefficient (Wildman–Crippen LogP) is 1.13. The standard InChI is InChI=1S/C16H31N7O.HI/c1-7-14-21-19-11-23(14)9-8-17-16(20-13(4)12(2)3)18-10-15(24)22(5)6;/h11-13H,7-10H2,1-6H3,(H2,17,18,20);1H. The number of hydrogen-bond donors (Lipinski definition) is 2. The van der Waals surface area contributed by atoms with Crippen LogP contribution >= 0.6 is 24.0 Å². The van der Waals surface area contributed by atoms with Crippen LogP contribution in [0.25, 0.3) is 0 Å². The van der Waals surface area contributed by atoms with Crippen molar-refractivity contribution in [1.82, 2.24) is 30.3 Å². The van der Waals surface area contributed by atoms with Crippen LogP contribution in [0.5, 0.6) is 0 Å². The SMILES string of the molecule is CCc1nncn1CCNC(=NCC(=O)N(C)C)NC(C)C(C)C.I. The number of carbonyl (C=O) groups excluding carboxylic acids is 1. The molecule has 1 heterocycles. The Morgan fingerprint density at radius 1 is 1.36 bits per heavy atom. The van der Waals surface area contributed by atoms with Crippen LogP contribution in [-0.2, 0) is 17.8 Å².